The third-order valence-corrected chi connectivity index (χ3v) is 7.13. The number of hydrogen-bond acceptors (Lipinski definition) is 5. The molecule has 2 N–H and O–H groups in total. The van der Waals surface area contributed by atoms with Gasteiger partial charge in [-0.1, -0.05) is 93.6 Å². The molecule has 214 valence electrons. The Morgan fingerprint density at radius 3 is 2.02 bits per heavy atom. The number of fused-ring (bicyclic) bond motifs is 1. The van der Waals surface area contributed by atoms with E-state index in [2.05, 4.69) is 80.7 Å². The lowest BCUT2D eigenvalue weighted by atomic mass is 9.96. The molecule has 2 unspecified atom stereocenters. The van der Waals surface area contributed by atoms with Crippen molar-refractivity contribution in [2.45, 2.75) is 65.1 Å². The van der Waals surface area contributed by atoms with Crippen LogP contribution in [-0.4, -0.2) is 42.3 Å². The summed E-state index contributed by atoms with van der Waals surface area (Å²) in [5, 5.41) is 21.5. The van der Waals surface area contributed by atoms with Gasteiger partial charge in [-0.15, -0.1) is 0 Å². The number of carbonyl (C=O) groups excluding carboxylic acids is 1. The average molecular weight is 545 g/mol. The van der Waals surface area contributed by atoms with Gasteiger partial charge in [-0.2, -0.15) is 0 Å². The fourth-order valence-corrected chi connectivity index (χ4v) is 4.61. The molecule has 2 atom stereocenters. The van der Waals surface area contributed by atoms with Gasteiger partial charge in [-0.05, 0) is 72.1 Å². The molecule has 5 heteroatoms. The van der Waals surface area contributed by atoms with Gasteiger partial charge in [0.1, 0.15) is 0 Å². The zero-order valence-electron chi connectivity index (χ0n) is 24.0. The molecule has 0 amide bonds. The van der Waals surface area contributed by atoms with Crippen molar-refractivity contribution >= 4 is 16.7 Å². The van der Waals surface area contributed by atoms with Gasteiger partial charge in [0, 0.05) is 17.1 Å². The van der Waals surface area contributed by atoms with Crippen molar-refractivity contribution in [1.82, 2.24) is 0 Å². The van der Waals surface area contributed by atoms with Crippen molar-refractivity contribution in [1.29, 1.82) is 0 Å². The van der Waals surface area contributed by atoms with Crippen molar-refractivity contribution in [3.63, 3.8) is 0 Å². The summed E-state index contributed by atoms with van der Waals surface area (Å²) in [4.78, 5) is 11.9. The minimum atomic E-state index is -1.27. The van der Waals surface area contributed by atoms with Gasteiger partial charge in [0.25, 0.3) is 0 Å². The predicted molar refractivity (Wildman–Crippen MR) is 162 cm³/mol. The van der Waals surface area contributed by atoms with Crippen LogP contribution in [0.2, 0.25) is 0 Å². The number of aliphatic hydroxyl groups is 2. The summed E-state index contributed by atoms with van der Waals surface area (Å²) >= 11 is 0. The Morgan fingerprint density at radius 2 is 1.40 bits per heavy atom. The highest BCUT2D eigenvalue weighted by atomic mass is 16.6. The van der Waals surface area contributed by atoms with E-state index >= 15 is 0 Å². The minimum absolute atomic E-state index is 0.126. The summed E-state index contributed by atoms with van der Waals surface area (Å²) < 4.78 is 10.9. The van der Waals surface area contributed by atoms with Crippen molar-refractivity contribution in [2.24, 2.45) is 5.92 Å². The van der Waals surface area contributed by atoms with Crippen LogP contribution in [0.25, 0.3) is 10.8 Å². The summed E-state index contributed by atoms with van der Waals surface area (Å²) in [6, 6.07) is 22.0. The predicted octanol–water partition coefficient (Wildman–Crippen LogP) is 6.52. The number of carbonyl (C=O) groups is 1. The molecule has 0 spiro atoms. The first-order chi connectivity index (χ1) is 19.3. The summed E-state index contributed by atoms with van der Waals surface area (Å²) in [5.41, 5.74) is 5.68. The lowest BCUT2D eigenvalue weighted by molar-refractivity contribution is -0.142. The molecular formula is C35H44O5. The second kappa shape index (κ2) is 16.1. The first-order valence-corrected chi connectivity index (χ1v) is 14.3. The van der Waals surface area contributed by atoms with E-state index in [0.29, 0.717) is 12.0 Å². The monoisotopic (exact) mass is 544 g/mol. The Balaban J connectivity index is 1.62. The molecule has 3 aromatic carbocycles. The molecule has 40 heavy (non-hydrogen) atoms. The molecular weight excluding hydrogens is 500 g/mol. The second-order valence-corrected chi connectivity index (χ2v) is 10.7. The molecule has 0 fully saturated rings. The zero-order chi connectivity index (χ0) is 28.9. The summed E-state index contributed by atoms with van der Waals surface area (Å²) in [6.07, 6.45) is 6.28. The SMILES string of the molecule is C=C(C)C(=O)OCC(COC(O)C(=C)CO)Cc1ccc2cc(CCc3ccc(CCCCC)cc3)ccc2c1. The molecule has 5 nitrogen and oxygen atoms in total. The Labute approximate surface area is 239 Å². The van der Waals surface area contributed by atoms with Crippen molar-refractivity contribution in [3.05, 3.63) is 107 Å². The average Bonchev–Trinajstić information content (AvgIpc) is 2.97. The number of esters is 1. The molecule has 0 aliphatic carbocycles. The highest BCUT2D eigenvalue weighted by Crippen LogP contribution is 2.22. The molecule has 0 saturated carbocycles. The summed E-state index contributed by atoms with van der Waals surface area (Å²) in [5.74, 6) is -0.654. The van der Waals surface area contributed by atoms with Gasteiger partial charge in [0.2, 0.25) is 0 Å². The molecule has 0 radical (unpaired) electrons. The van der Waals surface area contributed by atoms with Gasteiger partial charge in [-0.25, -0.2) is 4.79 Å². The van der Waals surface area contributed by atoms with Gasteiger partial charge in [-0.3, -0.25) is 0 Å². The Morgan fingerprint density at radius 1 is 0.825 bits per heavy atom. The Kier molecular flexibility index (Phi) is 12.6. The van der Waals surface area contributed by atoms with Crippen LogP contribution in [0.1, 0.15) is 55.4 Å². The van der Waals surface area contributed by atoms with Crippen molar-refractivity contribution in [2.75, 3.05) is 19.8 Å². The van der Waals surface area contributed by atoms with E-state index in [1.165, 1.54) is 41.3 Å². The number of ether oxygens (including phenoxy) is 2. The summed E-state index contributed by atoms with van der Waals surface area (Å²) in [7, 11) is 0. The molecule has 3 rings (SSSR count). The smallest absolute Gasteiger partial charge is 0.333 e. The standard InChI is InChI=1S/C35H44O5/c1-5-6-7-8-27-9-11-28(12-10-27)13-14-29-15-17-33-21-30(16-18-32(33)20-29)19-31(23-39-34(37)25(2)3)24-40-35(38)26(4)22-36/h9-12,15-18,20-21,31,35-36,38H,2,4-8,13-14,19,22-24H2,1,3H3. The largest absolute Gasteiger partial charge is 0.462 e. The fraction of sp³-hybridized carbons (Fsp3) is 0.400. The van der Waals surface area contributed by atoms with Gasteiger partial charge in [0.15, 0.2) is 6.29 Å². The van der Waals surface area contributed by atoms with Gasteiger partial charge >= 0.3 is 5.97 Å². The third kappa shape index (κ3) is 10.1. The zero-order valence-corrected chi connectivity index (χ0v) is 24.0. The number of unbranched alkanes of at least 4 members (excludes halogenated alkanes) is 2. The van der Waals surface area contributed by atoms with E-state index < -0.39 is 12.3 Å². The van der Waals surface area contributed by atoms with Crippen LogP contribution in [0.3, 0.4) is 0 Å². The van der Waals surface area contributed by atoms with E-state index in [0.717, 1.165) is 30.2 Å². The first-order valence-electron chi connectivity index (χ1n) is 14.3. The Bertz CT molecular complexity index is 1260. The van der Waals surface area contributed by atoms with Crippen LogP contribution >= 0.6 is 0 Å². The fourth-order valence-electron chi connectivity index (χ4n) is 4.61. The molecule has 0 heterocycles. The molecule has 0 aliphatic heterocycles. The topological polar surface area (TPSA) is 76.0 Å². The molecule has 0 aliphatic rings. The molecule has 0 bridgehead atoms. The minimum Gasteiger partial charge on any atom is -0.462 e. The van der Waals surface area contributed by atoms with Crippen LogP contribution in [0.5, 0.6) is 0 Å². The van der Waals surface area contributed by atoms with E-state index in [1.54, 1.807) is 6.92 Å². The normalized spacial score (nSPS) is 12.7. The second-order valence-electron chi connectivity index (χ2n) is 10.7. The lowest BCUT2D eigenvalue weighted by Crippen LogP contribution is -2.26. The highest BCUT2D eigenvalue weighted by Gasteiger charge is 2.17. The van der Waals surface area contributed by atoms with Crippen LogP contribution in [0.4, 0.5) is 0 Å². The van der Waals surface area contributed by atoms with Crippen molar-refractivity contribution in [3.8, 4) is 0 Å². The molecule has 0 aromatic heterocycles. The summed E-state index contributed by atoms with van der Waals surface area (Å²) in [6.45, 7) is 11.0. The van der Waals surface area contributed by atoms with E-state index in [9.17, 15) is 15.0 Å². The van der Waals surface area contributed by atoms with Crippen molar-refractivity contribution < 1.29 is 24.5 Å². The third-order valence-electron chi connectivity index (χ3n) is 7.13. The maximum Gasteiger partial charge on any atom is 0.333 e. The lowest BCUT2D eigenvalue weighted by Gasteiger charge is -2.20. The number of aryl methyl sites for hydroxylation is 3. The highest BCUT2D eigenvalue weighted by molar-refractivity contribution is 5.87. The van der Waals surface area contributed by atoms with Gasteiger partial charge in [0.05, 0.1) is 19.8 Å². The number of hydrogen-bond donors (Lipinski definition) is 2. The van der Waals surface area contributed by atoms with Crippen LogP contribution < -0.4 is 0 Å². The Hall–Kier alpha value is -3.25. The van der Waals surface area contributed by atoms with Crippen LogP contribution in [0.15, 0.2) is 85.0 Å². The number of rotatable bonds is 17. The number of aliphatic hydroxyl groups excluding tert-OH is 2. The molecule has 3 aromatic rings. The van der Waals surface area contributed by atoms with Gasteiger partial charge < -0.3 is 19.7 Å². The maximum absolute atomic E-state index is 11.9. The quantitative estimate of drug-likeness (QED) is 0.0665. The maximum atomic E-state index is 11.9. The van der Waals surface area contributed by atoms with E-state index in [4.69, 9.17) is 9.47 Å². The first kappa shape index (κ1) is 31.3. The van der Waals surface area contributed by atoms with Crippen LogP contribution in [0, 0.1) is 5.92 Å². The van der Waals surface area contributed by atoms with E-state index in [1.807, 2.05) is 0 Å². The number of benzene rings is 3. The molecule has 0 saturated heterocycles. The van der Waals surface area contributed by atoms with Crippen LogP contribution in [-0.2, 0) is 40.0 Å². The van der Waals surface area contributed by atoms with E-state index in [-0.39, 0.29) is 31.3 Å².